The first-order chi connectivity index (χ1) is 16.0. The summed E-state index contributed by atoms with van der Waals surface area (Å²) in [5.41, 5.74) is 3.76. The van der Waals surface area contributed by atoms with Crippen LogP contribution >= 0.6 is 11.6 Å². The van der Waals surface area contributed by atoms with Gasteiger partial charge in [-0.15, -0.1) is 0 Å². The number of rotatable bonds is 6. The zero-order valence-electron chi connectivity index (χ0n) is 17.8. The molecule has 0 radical (unpaired) electrons. The standard InChI is InChI=1S/C27H21ClN2O3/c1-18-3-2-4-20(17-18)27(32)30-23-11-9-22(10-12-23)29-26(31)16-14-24-13-15-25(33-24)19-5-7-21(28)8-6-19/h2-17H,1H3,(H,29,31)(H,30,32). The summed E-state index contributed by atoms with van der Waals surface area (Å²) in [7, 11) is 0. The molecule has 0 saturated carbocycles. The number of hydrogen-bond acceptors (Lipinski definition) is 3. The monoisotopic (exact) mass is 456 g/mol. The summed E-state index contributed by atoms with van der Waals surface area (Å²) >= 11 is 5.91. The molecule has 3 aromatic carbocycles. The number of furan rings is 1. The Morgan fingerprint density at radius 2 is 1.55 bits per heavy atom. The van der Waals surface area contributed by atoms with Crippen LogP contribution in [0.4, 0.5) is 11.4 Å². The van der Waals surface area contributed by atoms with Crippen molar-refractivity contribution in [3.8, 4) is 11.3 Å². The van der Waals surface area contributed by atoms with E-state index in [0.29, 0.717) is 33.5 Å². The third-order valence-corrected chi connectivity index (χ3v) is 5.10. The molecule has 4 rings (SSSR count). The lowest BCUT2D eigenvalue weighted by Crippen LogP contribution is -2.12. The molecule has 0 fully saturated rings. The van der Waals surface area contributed by atoms with Crippen LogP contribution in [0.5, 0.6) is 0 Å². The van der Waals surface area contributed by atoms with Gasteiger partial charge < -0.3 is 15.1 Å². The summed E-state index contributed by atoms with van der Waals surface area (Å²) in [4.78, 5) is 24.6. The maximum Gasteiger partial charge on any atom is 0.255 e. The molecular formula is C27H21ClN2O3. The Morgan fingerprint density at radius 3 is 2.24 bits per heavy atom. The fourth-order valence-electron chi connectivity index (χ4n) is 3.18. The quantitative estimate of drug-likeness (QED) is 0.313. The summed E-state index contributed by atoms with van der Waals surface area (Å²) < 4.78 is 5.76. The zero-order chi connectivity index (χ0) is 23.2. The summed E-state index contributed by atoms with van der Waals surface area (Å²) in [6.45, 7) is 1.94. The minimum Gasteiger partial charge on any atom is -0.457 e. The number of carbonyl (C=O) groups is 2. The minimum absolute atomic E-state index is 0.185. The number of halogens is 1. The van der Waals surface area contributed by atoms with Crippen molar-refractivity contribution in [3.63, 3.8) is 0 Å². The third-order valence-electron chi connectivity index (χ3n) is 4.85. The summed E-state index contributed by atoms with van der Waals surface area (Å²) in [5, 5.41) is 6.28. The van der Waals surface area contributed by atoms with Gasteiger partial charge in [-0.25, -0.2) is 0 Å². The van der Waals surface area contributed by atoms with E-state index in [4.69, 9.17) is 16.0 Å². The molecule has 0 aliphatic carbocycles. The van der Waals surface area contributed by atoms with E-state index in [1.165, 1.54) is 6.08 Å². The highest BCUT2D eigenvalue weighted by atomic mass is 35.5. The van der Waals surface area contributed by atoms with Crippen LogP contribution in [-0.4, -0.2) is 11.8 Å². The number of carbonyl (C=O) groups excluding carboxylic acids is 2. The largest absolute Gasteiger partial charge is 0.457 e. The van der Waals surface area contributed by atoms with Gasteiger partial charge in [-0.3, -0.25) is 9.59 Å². The molecule has 0 bridgehead atoms. The van der Waals surface area contributed by atoms with Gasteiger partial charge in [-0.05, 0) is 85.8 Å². The number of hydrogen-bond donors (Lipinski definition) is 2. The van der Waals surface area contributed by atoms with E-state index in [9.17, 15) is 9.59 Å². The van der Waals surface area contributed by atoms with Crippen LogP contribution in [0.3, 0.4) is 0 Å². The highest BCUT2D eigenvalue weighted by Crippen LogP contribution is 2.24. The van der Waals surface area contributed by atoms with Crippen molar-refractivity contribution in [2.24, 2.45) is 0 Å². The van der Waals surface area contributed by atoms with Gasteiger partial charge in [0.2, 0.25) is 5.91 Å². The van der Waals surface area contributed by atoms with Crippen molar-refractivity contribution in [3.05, 3.63) is 113 Å². The van der Waals surface area contributed by atoms with Gasteiger partial charge in [0.25, 0.3) is 5.91 Å². The summed E-state index contributed by atoms with van der Waals surface area (Å²) in [6.07, 6.45) is 3.00. The lowest BCUT2D eigenvalue weighted by molar-refractivity contribution is -0.111. The van der Waals surface area contributed by atoms with Crippen molar-refractivity contribution < 1.29 is 14.0 Å². The fraction of sp³-hybridized carbons (Fsp3) is 0.0370. The van der Waals surface area contributed by atoms with Crippen LogP contribution in [0.1, 0.15) is 21.7 Å². The van der Waals surface area contributed by atoms with Crippen LogP contribution in [0, 0.1) is 6.92 Å². The molecule has 0 spiro atoms. The van der Waals surface area contributed by atoms with Gasteiger partial charge in [0.1, 0.15) is 11.5 Å². The molecule has 33 heavy (non-hydrogen) atoms. The fourth-order valence-corrected chi connectivity index (χ4v) is 3.31. The van der Waals surface area contributed by atoms with E-state index >= 15 is 0 Å². The maximum absolute atomic E-state index is 12.4. The van der Waals surface area contributed by atoms with Gasteiger partial charge in [0, 0.05) is 33.6 Å². The number of nitrogens with one attached hydrogen (secondary N) is 2. The summed E-state index contributed by atoms with van der Waals surface area (Å²) in [6, 6.07) is 25.2. The second-order valence-electron chi connectivity index (χ2n) is 7.43. The predicted molar refractivity (Wildman–Crippen MR) is 132 cm³/mol. The first-order valence-electron chi connectivity index (χ1n) is 10.3. The van der Waals surface area contributed by atoms with Gasteiger partial charge in [-0.2, -0.15) is 0 Å². The number of amides is 2. The van der Waals surface area contributed by atoms with Gasteiger partial charge >= 0.3 is 0 Å². The normalized spacial score (nSPS) is 10.8. The molecule has 0 atom stereocenters. The van der Waals surface area contributed by atoms with Gasteiger partial charge in [0.15, 0.2) is 0 Å². The van der Waals surface area contributed by atoms with E-state index in [1.54, 1.807) is 54.6 Å². The predicted octanol–water partition coefficient (Wildman–Crippen LogP) is 6.81. The van der Waals surface area contributed by atoms with Crippen molar-refractivity contribution in [2.45, 2.75) is 6.92 Å². The molecule has 1 heterocycles. The first-order valence-corrected chi connectivity index (χ1v) is 10.7. The molecule has 2 amide bonds. The molecule has 6 heteroatoms. The average Bonchev–Trinajstić information content (AvgIpc) is 3.28. The Hall–Kier alpha value is -4.09. The van der Waals surface area contributed by atoms with Crippen LogP contribution in [-0.2, 0) is 4.79 Å². The average molecular weight is 457 g/mol. The van der Waals surface area contributed by atoms with Crippen LogP contribution in [0.25, 0.3) is 17.4 Å². The van der Waals surface area contributed by atoms with Crippen LogP contribution in [0.15, 0.2) is 95.4 Å². The molecular weight excluding hydrogens is 436 g/mol. The summed E-state index contributed by atoms with van der Waals surface area (Å²) in [5.74, 6) is 0.769. The molecule has 0 unspecified atom stereocenters. The van der Waals surface area contributed by atoms with E-state index in [1.807, 2.05) is 43.3 Å². The Kier molecular flexibility index (Phi) is 6.72. The topological polar surface area (TPSA) is 71.3 Å². The van der Waals surface area contributed by atoms with Crippen molar-refractivity contribution in [1.82, 2.24) is 0 Å². The van der Waals surface area contributed by atoms with E-state index in [2.05, 4.69) is 10.6 Å². The first kappa shape index (κ1) is 22.1. The molecule has 1 aromatic heterocycles. The third kappa shape index (κ3) is 5.99. The molecule has 0 aliphatic heterocycles. The number of aryl methyl sites for hydroxylation is 1. The lowest BCUT2D eigenvalue weighted by Gasteiger charge is -2.07. The highest BCUT2D eigenvalue weighted by Gasteiger charge is 2.07. The van der Waals surface area contributed by atoms with Gasteiger partial charge in [-0.1, -0.05) is 29.3 Å². The molecule has 164 valence electrons. The number of anilines is 2. The zero-order valence-corrected chi connectivity index (χ0v) is 18.6. The Morgan fingerprint density at radius 1 is 0.848 bits per heavy atom. The van der Waals surface area contributed by atoms with E-state index in [-0.39, 0.29) is 11.8 Å². The van der Waals surface area contributed by atoms with E-state index < -0.39 is 0 Å². The lowest BCUT2D eigenvalue weighted by atomic mass is 10.1. The maximum atomic E-state index is 12.4. The Bertz CT molecular complexity index is 1310. The minimum atomic E-state index is -0.295. The van der Waals surface area contributed by atoms with Crippen molar-refractivity contribution in [1.29, 1.82) is 0 Å². The Labute approximate surface area is 196 Å². The number of benzene rings is 3. The van der Waals surface area contributed by atoms with E-state index in [0.717, 1.165) is 11.1 Å². The molecule has 2 N–H and O–H groups in total. The Balaban J connectivity index is 1.33. The van der Waals surface area contributed by atoms with Crippen molar-refractivity contribution >= 4 is 40.9 Å². The van der Waals surface area contributed by atoms with Crippen LogP contribution < -0.4 is 10.6 Å². The second kappa shape index (κ2) is 10.0. The van der Waals surface area contributed by atoms with Gasteiger partial charge in [0.05, 0.1) is 0 Å². The highest BCUT2D eigenvalue weighted by molar-refractivity contribution is 6.30. The molecule has 4 aromatic rings. The van der Waals surface area contributed by atoms with Crippen molar-refractivity contribution in [2.75, 3.05) is 10.6 Å². The SMILES string of the molecule is Cc1cccc(C(=O)Nc2ccc(NC(=O)C=Cc3ccc(-c4ccc(Cl)cc4)o3)cc2)c1. The second-order valence-corrected chi connectivity index (χ2v) is 7.87. The smallest absolute Gasteiger partial charge is 0.255 e. The molecule has 0 aliphatic rings. The molecule has 5 nitrogen and oxygen atoms in total. The van der Waals surface area contributed by atoms with Crippen LogP contribution in [0.2, 0.25) is 5.02 Å². The molecule has 0 saturated heterocycles.